The quantitative estimate of drug-likeness (QED) is 0.766. The largest absolute Gasteiger partial charge is 0.422 e. The molecule has 16 heavy (non-hydrogen) atoms. The molecule has 5 nitrogen and oxygen atoms in total. The van der Waals surface area contributed by atoms with Gasteiger partial charge in [-0.1, -0.05) is 12.1 Å². The molecule has 1 aromatic carbocycles. The number of nitrogens with zero attached hydrogens (tertiary/aromatic N) is 3. The number of ether oxygens (including phenoxy) is 1. The van der Waals surface area contributed by atoms with Crippen LogP contribution in [0.4, 0.5) is 5.69 Å². The van der Waals surface area contributed by atoms with E-state index in [-0.39, 0.29) is 11.7 Å². The van der Waals surface area contributed by atoms with Crippen LogP contribution in [0.5, 0.6) is 11.8 Å². The Morgan fingerprint density at radius 3 is 2.81 bits per heavy atom. The van der Waals surface area contributed by atoms with Gasteiger partial charge in [-0.3, -0.25) is 0 Å². The normalized spacial score (nSPS) is 9.44. The lowest BCUT2D eigenvalue weighted by Crippen LogP contribution is -1.96. The fourth-order valence-electron chi connectivity index (χ4n) is 1.12. The number of nitriles is 1. The van der Waals surface area contributed by atoms with Gasteiger partial charge in [-0.2, -0.15) is 10.2 Å². The molecule has 0 fully saturated rings. The average Bonchev–Trinajstić information content (AvgIpc) is 2.32. The van der Waals surface area contributed by atoms with E-state index in [2.05, 4.69) is 9.97 Å². The summed E-state index contributed by atoms with van der Waals surface area (Å²) in [5.41, 5.74) is 6.44. The molecular formula is C11H8N4O. The first-order valence-electron chi connectivity index (χ1n) is 4.55. The molecule has 1 aromatic heterocycles. The van der Waals surface area contributed by atoms with Gasteiger partial charge in [0.15, 0.2) is 5.75 Å². The van der Waals surface area contributed by atoms with Crippen LogP contribution in [0.2, 0.25) is 0 Å². The zero-order valence-corrected chi connectivity index (χ0v) is 8.29. The third-order valence-electron chi connectivity index (χ3n) is 1.87. The van der Waals surface area contributed by atoms with E-state index in [1.165, 1.54) is 12.3 Å². The summed E-state index contributed by atoms with van der Waals surface area (Å²) in [7, 11) is 0. The summed E-state index contributed by atoms with van der Waals surface area (Å²) in [6.07, 6.45) is 1.46. The van der Waals surface area contributed by atoms with Crippen LogP contribution < -0.4 is 10.5 Å². The van der Waals surface area contributed by atoms with Crippen LogP contribution in [-0.2, 0) is 0 Å². The first-order chi connectivity index (χ1) is 7.79. The summed E-state index contributed by atoms with van der Waals surface area (Å²) in [4.78, 5) is 7.76. The molecule has 0 spiro atoms. The van der Waals surface area contributed by atoms with Crippen molar-refractivity contribution in [2.75, 3.05) is 5.73 Å². The first-order valence-corrected chi connectivity index (χ1v) is 4.55. The van der Waals surface area contributed by atoms with Gasteiger partial charge in [0.25, 0.3) is 0 Å². The fourth-order valence-corrected chi connectivity index (χ4v) is 1.12. The van der Waals surface area contributed by atoms with E-state index in [1.807, 2.05) is 6.07 Å². The zero-order chi connectivity index (χ0) is 11.4. The minimum absolute atomic E-state index is 0.108. The summed E-state index contributed by atoms with van der Waals surface area (Å²) in [5.74, 6) is 0.470. The maximum atomic E-state index is 8.66. The summed E-state index contributed by atoms with van der Waals surface area (Å²) in [5, 5.41) is 8.66. The number of para-hydroxylation sites is 2. The Morgan fingerprint density at radius 1 is 1.25 bits per heavy atom. The Morgan fingerprint density at radius 2 is 2.06 bits per heavy atom. The van der Waals surface area contributed by atoms with Crippen LogP contribution in [0.15, 0.2) is 36.5 Å². The third-order valence-corrected chi connectivity index (χ3v) is 1.87. The van der Waals surface area contributed by atoms with Crippen LogP contribution in [0.1, 0.15) is 5.69 Å². The van der Waals surface area contributed by atoms with E-state index in [9.17, 15) is 0 Å². The molecule has 78 valence electrons. The number of benzene rings is 1. The number of hydrogen-bond acceptors (Lipinski definition) is 5. The molecule has 1 heterocycles. The second-order valence-corrected chi connectivity index (χ2v) is 2.98. The molecule has 0 aliphatic carbocycles. The van der Waals surface area contributed by atoms with Gasteiger partial charge in [-0.05, 0) is 18.2 Å². The van der Waals surface area contributed by atoms with Crippen molar-refractivity contribution >= 4 is 5.69 Å². The molecule has 0 atom stereocenters. The van der Waals surface area contributed by atoms with E-state index in [4.69, 9.17) is 15.7 Å². The van der Waals surface area contributed by atoms with Crippen LogP contribution in [0.25, 0.3) is 0 Å². The summed E-state index contributed by atoms with van der Waals surface area (Å²) in [6.45, 7) is 0. The molecule has 0 bridgehead atoms. The molecule has 0 aliphatic heterocycles. The highest BCUT2D eigenvalue weighted by Crippen LogP contribution is 2.24. The van der Waals surface area contributed by atoms with Gasteiger partial charge in [-0.15, -0.1) is 0 Å². The highest BCUT2D eigenvalue weighted by Gasteiger charge is 2.04. The highest BCUT2D eigenvalue weighted by atomic mass is 16.5. The Hall–Kier alpha value is -2.61. The van der Waals surface area contributed by atoms with Gasteiger partial charge in [0.05, 0.1) is 5.69 Å². The van der Waals surface area contributed by atoms with Crippen LogP contribution in [0, 0.1) is 11.3 Å². The molecule has 0 saturated heterocycles. The number of aromatic nitrogens is 2. The maximum absolute atomic E-state index is 8.66. The summed E-state index contributed by atoms with van der Waals surface area (Å²) in [6, 6.07) is 10.5. The number of hydrogen-bond donors (Lipinski definition) is 1. The molecule has 0 radical (unpaired) electrons. The van der Waals surface area contributed by atoms with E-state index in [0.29, 0.717) is 11.4 Å². The molecule has 2 rings (SSSR count). The topological polar surface area (TPSA) is 84.8 Å². The van der Waals surface area contributed by atoms with E-state index < -0.39 is 0 Å². The monoisotopic (exact) mass is 212 g/mol. The van der Waals surface area contributed by atoms with Crippen molar-refractivity contribution in [2.45, 2.75) is 0 Å². The molecule has 5 heteroatoms. The number of nitrogens with two attached hydrogens (primary N) is 1. The minimum Gasteiger partial charge on any atom is -0.422 e. The fraction of sp³-hybridized carbons (Fsp3) is 0. The highest BCUT2D eigenvalue weighted by molar-refractivity contribution is 5.52. The van der Waals surface area contributed by atoms with Gasteiger partial charge in [-0.25, -0.2) is 4.98 Å². The lowest BCUT2D eigenvalue weighted by atomic mass is 10.3. The van der Waals surface area contributed by atoms with Crippen molar-refractivity contribution in [3.63, 3.8) is 0 Å². The summed E-state index contributed by atoms with van der Waals surface area (Å²) >= 11 is 0. The molecular weight excluding hydrogens is 204 g/mol. The predicted octanol–water partition coefficient (Wildman–Crippen LogP) is 1.72. The smallest absolute Gasteiger partial charge is 0.323 e. The number of anilines is 1. The molecule has 2 aromatic rings. The lowest BCUT2D eigenvalue weighted by Gasteiger charge is -2.05. The van der Waals surface area contributed by atoms with E-state index in [1.54, 1.807) is 24.3 Å². The molecule has 0 amide bonds. The van der Waals surface area contributed by atoms with E-state index in [0.717, 1.165) is 0 Å². The van der Waals surface area contributed by atoms with E-state index >= 15 is 0 Å². The maximum Gasteiger partial charge on any atom is 0.323 e. The van der Waals surface area contributed by atoms with Crippen LogP contribution >= 0.6 is 0 Å². The average molecular weight is 212 g/mol. The van der Waals surface area contributed by atoms with Gasteiger partial charge in [0.1, 0.15) is 11.8 Å². The number of nitrogen functional groups attached to an aromatic ring is 1. The molecule has 0 aliphatic rings. The SMILES string of the molecule is N#Cc1ccnc(Oc2ccccc2N)n1. The van der Waals surface area contributed by atoms with Gasteiger partial charge in [0.2, 0.25) is 0 Å². The Bertz CT molecular complexity index is 548. The predicted molar refractivity (Wildman–Crippen MR) is 57.7 cm³/mol. The van der Waals surface area contributed by atoms with Crippen molar-refractivity contribution in [1.82, 2.24) is 9.97 Å². The molecule has 2 N–H and O–H groups in total. The Kier molecular flexibility index (Phi) is 2.65. The van der Waals surface area contributed by atoms with Gasteiger partial charge in [0, 0.05) is 6.20 Å². The number of rotatable bonds is 2. The lowest BCUT2D eigenvalue weighted by molar-refractivity contribution is 0.443. The first kappa shape index (κ1) is 9.93. The third kappa shape index (κ3) is 2.07. The zero-order valence-electron chi connectivity index (χ0n) is 8.29. The molecule has 0 saturated carbocycles. The van der Waals surface area contributed by atoms with Crippen LogP contribution in [0.3, 0.4) is 0 Å². The minimum atomic E-state index is 0.108. The molecule has 0 unspecified atom stereocenters. The summed E-state index contributed by atoms with van der Waals surface area (Å²) < 4.78 is 5.35. The van der Waals surface area contributed by atoms with Gasteiger partial charge >= 0.3 is 6.01 Å². The van der Waals surface area contributed by atoms with Crippen molar-refractivity contribution in [2.24, 2.45) is 0 Å². The van der Waals surface area contributed by atoms with Crippen molar-refractivity contribution in [1.29, 1.82) is 5.26 Å². The van der Waals surface area contributed by atoms with Gasteiger partial charge < -0.3 is 10.5 Å². The van der Waals surface area contributed by atoms with Crippen LogP contribution in [-0.4, -0.2) is 9.97 Å². The van der Waals surface area contributed by atoms with Crippen molar-refractivity contribution < 1.29 is 4.74 Å². The van der Waals surface area contributed by atoms with Crippen molar-refractivity contribution in [3.05, 3.63) is 42.2 Å². The second-order valence-electron chi connectivity index (χ2n) is 2.98. The van der Waals surface area contributed by atoms with Crippen molar-refractivity contribution in [3.8, 4) is 17.8 Å². The standard InChI is InChI=1S/C11H8N4O/c12-7-8-5-6-14-11(15-8)16-10-4-2-1-3-9(10)13/h1-6H,13H2. The Labute approximate surface area is 92.1 Å². The Balaban J connectivity index is 2.28. The second kappa shape index (κ2) is 4.28.